The lowest BCUT2D eigenvalue weighted by molar-refractivity contribution is -0.903. The molecule has 2 aliphatic rings. The fourth-order valence-corrected chi connectivity index (χ4v) is 5.85. The van der Waals surface area contributed by atoms with Gasteiger partial charge in [-0.05, 0) is 30.3 Å². The molecule has 2 N–H and O–H groups in total. The number of hydrogen-bond acceptors (Lipinski definition) is 6. The molecule has 3 heterocycles. The smallest absolute Gasteiger partial charge is 0.387 e. The Morgan fingerprint density at radius 1 is 1.04 bits per heavy atom. The Kier molecular flexibility index (Phi) is 9.84. The summed E-state index contributed by atoms with van der Waals surface area (Å²) in [5, 5.41) is 6.02. The molecule has 0 atom stereocenters. The number of imidazole rings is 1. The van der Waals surface area contributed by atoms with E-state index >= 15 is 0 Å². The highest BCUT2D eigenvalue weighted by molar-refractivity contribution is 6.34. The Balaban J connectivity index is 1.20. The molecule has 1 aromatic heterocycles. The van der Waals surface area contributed by atoms with Gasteiger partial charge in [-0.25, -0.2) is 9.37 Å². The van der Waals surface area contributed by atoms with Crippen molar-refractivity contribution in [1.29, 1.82) is 0 Å². The van der Waals surface area contributed by atoms with Crippen molar-refractivity contribution in [1.82, 2.24) is 24.7 Å². The molecule has 5 rings (SSSR count). The van der Waals surface area contributed by atoms with Gasteiger partial charge < -0.3 is 34.2 Å². The minimum absolute atomic E-state index is 0.00507. The van der Waals surface area contributed by atoms with Gasteiger partial charge in [0, 0.05) is 57.6 Å². The van der Waals surface area contributed by atoms with Gasteiger partial charge in [-0.3, -0.25) is 14.4 Å². The number of piperazine rings is 2. The number of nitrogens with one attached hydrogen (secondary N) is 2. The number of amides is 3. The first-order valence-electron chi connectivity index (χ1n) is 14.5. The first-order valence-corrected chi connectivity index (χ1v) is 14.9. The van der Waals surface area contributed by atoms with Crippen molar-refractivity contribution in [2.75, 3.05) is 71.3 Å². The molecule has 16 heteroatoms. The average molecular weight is 667 g/mol. The molecule has 246 valence electrons. The summed E-state index contributed by atoms with van der Waals surface area (Å²) in [6.07, 6.45) is 1.13. The van der Waals surface area contributed by atoms with Crippen LogP contribution in [0.25, 0.3) is 11.3 Å². The lowest BCUT2D eigenvalue weighted by Gasteiger charge is -2.40. The van der Waals surface area contributed by atoms with Gasteiger partial charge in [0.1, 0.15) is 0 Å². The molecule has 2 fully saturated rings. The molecule has 0 bridgehead atoms. The largest absolute Gasteiger partial charge is 0.432 e. The summed E-state index contributed by atoms with van der Waals surface area (Å²) in [6, 6.07) is 6.28. The molecule has 2 aromatic carbocycles. The van der Waals surface area contributed by atoms with Crippen LogP contribution < -0.4 is 15.4 Å². The fraction of sp³-hybridized carbons (Fsp3) is 0.400. The molecule has 0 radical (unpaired) electrons. The summed E-state index contributed by atoms with van der Waals surface area (Å²) in [5.74, 6) is -5.11. The van der Waals surface area contributed by atoms with Gasteiger partial charge >= 0.3 is 6.61 Å². The van der Waals surface area contributed by atoms with Crippen molar-refractivity contribution in [2.45, 2.75) is 6.61 Å². The standard InChI is InChI=1S/C30H32ClF4N7O4/c1-39-22(20-5-6-23(46-30(34)35)26(33)25(20)32)16-37-27(39)28(44)38-18-3-4-19(21(31)15-18)29(45)41-11-9-40(10-12-41)24(43)17-42(2)13-7-36-8-14-42/h3-6,15-16,30,36H,7-14,17H2,1-2H3/p+1. The number of aromatic nitrogens is 2. The molecule has 2 aliphatic heterocycles. The Labute approximate surface area is 267 Å². The molecule has 3 aromatic rings. The van der Waals surface area contributed by atoms with Crippen LogP contribution in [0.5, 0.6) is 5.75 Å². The van der Waals surface area contributed by atoms with Gasteiger partial charge in [0.25, 0.3) is 17.7 Å². The highest BCUT2D eigenvalue weighted by Gasteiger charge is 2.32. The number of nitrogens with zero attached hydrogens (tertiary/aromatic N) is 5. The molecule has 0 spiro atoms. The number of quaternary nitrogens is 1. The lowest BCUT2D eigenvalue weighted by atomic mass is 10.1. The summed E-state index contributed by atoms with van der Waals surface area (Å²) < 4.78 is 59.7. The van der Waals surface area contributed by atoms with Gasteiger partial charge in [0.2, 0.25) is 5.82 Å². The maximum atomic E-state index is 14.7. The first-order chi connectivity index (χ1) is 21.9. The highest BCUT2D eigenvalue weighted by Crippen LogP contribution is 2.31. The van der Waals surface area contributed by atoms with E-state index in [1.54, 1.807) is 9.80 Å². The maximum Gasteiger partial charge on any atom is 0.387 e. The van der Waals surface area contributed by atoms with Crippen molar-refractivity contribution < 1.29 is 41.2 Å². The zero-order valence-electron chi connectivity index (χ0n) is 25.2. The Hall–Kier alpha value is -4.21. The summed E-state index contributed by atoms with van der Waals surface area (Å²) in [7, 11) is 3.48. The van der Waals surface area contributed by atoms with Crippen LogP contribution in [0.2, 0.25) is 5.02 Å². The van der Waals surface area contributed by atoms with E-state index in [1.807, 2.05) is 0 Å². The van der Waals surface area contributed by atoms with Crippen molar-refractivity contribution in [3.05, 3.63) is 64.6 Å². The average Bonchev–Trinajstić information content (AvgIpc) is 3.40. The van der Waals surface area contributed by atoms with Crippen molar-refractivity contribution in [3.8, 4) is 17.0 Å². The normalized spacial score (nSPS) is 16.4. The lowest BCUT2D eigenvalue weighted by Crippen LogP contribution is -2.61. The van der Waals surface area contributed by atoms with E-state index in [2.05, 4.69) is 27.4 Å². The van der Waals surface area contributed by atoms with Crippen molar-refractivity contribution >= 4 is 35.0 Å². The number of anilines is 1. The third kappa shape index (κ3) is 7.11. The zero-order valence-corrected chi connectivity index (χ0v) is 25.9. The van der Waals surface area contributed by atoms with Crippen LogP contribution in [-0.2, 0) is 11.8 Å². The third-order valence-electron chi connectivity index (χ3n) is 8.28. The van der Waals surface area contributed by atoms with Gasteiger partial charge in [-0.15, -0.1) is 0 Å². The van der Waals surface area contributed by atoms with Crippen molar-refractivity contribution in [3.63, 3.8) is 0 Å². The second kappa shape index (κ2) is 13.6. The number of benzene rings is 2. The van der Waals surface area contributed by atoms with E-state index in [0.717, 1.165) is 44.5 Å². The number of hydrogen-bond donors (Lipinski definition) is 2. The van der Waals surface area contributed by atoms with Crippen LogP contribution in [0.1, 0.15) is 21.0 Å². The quantitative estimate of drug-likeness (QED) is 0.283. The second-order valence-electron chi connectivity index (χ2n) is 11.4. The van der Waals surface area contributed by atoms with Gasteiger partial charge in [-0.2, -0.15) is 13.2 Å². The number of carbonyl (C=O) groups excluding carboxylic acids is 3. The van der Waals surface area contributed by atoms with Crippen LogP contribution in [0.3, 0.4) is 0 Å². The Morgan fingerprint density at radius 2 is 1.72 bits per heavy atom. The van der Waals surface area contributed by atoms with Gasteiger partial charge in [-0.1, -0.05) is 11.6 Å². The molecule has 3 amide bonds. The molecular formula is C30H33ClF4N7O4+. The van der Waals surface area contributed by atoms with Crippen molar-refractivity contribution in [2.24, 2.45) is 7.05 Å². The molecule has 11 nitrogen and oxygen atoms in total. The molecule has 0 saturated carbocycles. The summed E-state index contributed by atoms with van der Waals surface area (Å²) >= 11 is 6.44. The third-order valence-corrected chi connectivity index (χ3v) is 8.59. The molecule has 46 heavy (non-hydrogen) atoms. The topological polar surface area (TPSA) is 109 Å². The number of likely N-dealkylation sites (N-methyl/N-ethyl adjacent to an activating group) is 1. The van der Waals surface area contributed by atoms with E-state index in [9.17, 15) is 31.9 Å². The number of alkyl halides is 2. The summed E-state index contributed by atoms with van der Waals surface area (Å²) in [6.45, 7) is 2.19. The van der Waals surface area contributed by atoms with E-state index in [-0.39, 0.29) is 45.2 Å². The zero-order chi connectivity index (χ0) is 33.2. The predicted molar refractivity (Wildman–Crippen MR) is 161 cm³/mol. The summed E-state index contributed by atoms with van der Waals surface area (Å²) in [4.78, 5) is 46.6. The minimum atomic E-state index is -3.34. The summed E-state index contributed by atoms with van der Waals surface area (Å²) in [5.41, 5.74) is 0.168. The van der Waals surface area contributed by atoms with E-state index < -0.39 is 29.9 Å². The van der Waals surface area contributed by atoms with E-state index in [0.29, 0.717) is 37.2 Å². The number of carbonyl (C=O) groups is 3. The Bertz CT molecular complexity index is 1640. The van der Waals surface area contributed by atoms with Crippen LogP contribution in [0, 0.1) is 11.6 Å². The van der Waals surface area contributed by atoms with E-state index in [1.165, 1.54) is 29.8 Å². The minimum Gasteiger partial charge on any atom is -0.432 e. The van der Waals surface area contributed by atoms with E-state index in [4.69, 9.17) is 11.6 Å². The van der Waals surface area contributed by atoms with Gasteiger partial charge in [0.15, 0.2) is 23.9 Å². The predicted octanol–water partition coefficient (Wildman–Crippen LogP) is 3.21. The number of rotatable bonds is 8. The molecular weight excluding hydrogens is 634 g/mol. The van der Waals surface area contributed by atoms with Crippen LogP contribution >= 0.6 is 11.6 Å². The number of halogens is 5. The van der Waals surface area contributed by atoms with Gasteiger partial charge in [0.05, 0.1) is 42.6 Å². The highest BCUT2D eigenvalue weighted by atomic mass is 35.5. The molecule has 0 aliphatic carbocycles. The SMILES string of the molecule is Cn1c(-c2ccc(OC(F)F)c(F)c2F)cnc1C(=O)Nc1ccc(C(=O)N2CCN(C(=O)C[N+]3(C)CCNCC3)CC2)c(Cl)c1. The first kappa shape index (κ1) is 33.2. The monoisotopic (exact) mass is 666 g/mol. The molecule has 0 unspecified atom stereocenters. The van der Waals surface area contributed by atoms with Crippen LogP contribution in [-0.4, -0.2) is 114 Å². The maximum absolute atomic E-state index is 14.7. The molecule has 2 saturated heterocycles. The second-order valence-corrected chi connectivity index (χ2v) is 11.8. The fourth-order valence-electron chi connectivity index (χ4n) is 5.59. The van der Waals surface area contributed by atoms with Crippen LogP contribution in [0.4, 0.5) is 23.2 Å². The number of ether oxygens (including phenoxy) is 1. The van der Waals surface area contributed by atoms with Crippen LogP contribution in [0.15, 0.2) is 36.5 Å². The Morgan fingerprint density at radius 3 is 2.37 bits per heavy atom.